The van der Waals surface area contributed by atoms with Gasteiger partial charge in [-0.2, -0.15) is 0 Å². The SMILES string of the molecule is COC(=O)C(Br)CNC(=O)c1cccc(C)c1C. The van der Waals surface area contributed by atoms with Gasteiger partial charge in [-0.05, 0) is 31.0 Å². The highest BCUT2D eigenvalue weighted by Gasteiger charge is 2.17. The quantitative estimate of drug-likeness (QED) is 0.683. The number of carbonyl (C=O) groups excluding carboxylic acids is 2. The lowest BCUT2D eigenvalue weighted by molar-refractivity contribution is -0.139. The first-order valence-electron chi connectivity index (χ1n) is 5.53. The number of carbonyl (C=O) groups is 2. The number of hydrogen-bond donors (Lipinski definition) is 1. The summed E-state index contributed by atoms with van der Waals surface area (Å²) in [4.78, 5) is 22.6. The van der Waals surface area contributed by atoms with E-state index in [4.69, 9.17) is 0 Å². The van der Waals surface area contributed by atoms with Gasteiger partial charge in [0, 0.05) is 12.1 Å². The molecule has 1 N–H and O–H groups in total. The first-order valence-corrected chi connectivity index (χ1v) is 6.45. The van der Waals surface area contributed by atoms with E-state index in [0.717, 1.165) is 11.1 Å². The van der Waals surface area contributed by atoms with Crippen molar-refractivity contribution in [3.8, 4) is 0 Å². The Bertz CT molecular complexity index is 460. The van der Waals surface area contributed by atoms with E-state index in [1.54, 1.807) is 6.07 Å². The van der Waals surface area contributed by atoms with Gasteiger partial charge in [0.25, 0.3) is 5.91 Å². The maximum atomic E-state index is 11.9. The van der Waals surface area contributed by atoms with E-state index in [9.17, 15) is 9.59 Å². The van der Waals surface area contributed by atoms with E-state index < -0.39 is 10.8 Å². The molecule has 1 atom stereocenters. The van der Waals surface area contributed by atoms with Crippen LogP contribution in [0.2, 0.25) is 0 Å². The Hall–Kier alpha value is -1.36. The molecule has 0 saturated carbocycles. The first kappa shape index (κ1) is 14.7. The van der Waals surface area contributed by atoms with E-state index in [1.807, 2.05) is 26.0 Å². The molecule has 0 bridgehead atoms. The first-order chi connectivity index (χ1) is 8.47. The molecule has 0 aromatic heterocycles. The summed E-state index contributed by atoms with van der Waals surface area (Å²) in [6, 6.07) is 5.55. The van der Waals surface area contributed by atoms with Gasteiger partial charge in [0.05, 0.1) is 7.11 Å². The molecule has 0 heterocycles. The van der Waals surface area contributed by atoms with E-state index in [-0.39, 0.29) is 12.5 Å². The number of rotatable bonds is 4. The van der Waals surface area contributed by atoms with Crippen LogP contribution in [0, 0.1) is 13.8 Å². The van der Waals surface area contributed by atoms with Crippen LogP contribution in [-0.4, -0.2) is 30.4 Å². The van der Waals surface area contributed by atoms with Crippen LogP contribution in [0.3, 0.4) is 0 Å². The number of ether oxygens (including phenoxy) is 1. The number of benzene rings is 1. The summed E-state index contributed by atoms with van der Waals surface area (Å²) in [6.07, 6.45) is 0. The standard InChI is InChI=1S/C13H16BrNO3/c1-8-5-4-6-10(9(8)2)12(16)15-7-11(14)13(17)18-3/h4-6,11H,7H2,1-3H3,(H,15,16). The minimum Gasteiger partial charge on any atom is -0.468 e. The van der Waals surface area contributed by atoms with Crippen molar-refractivity contribution >= 4 is 27.8 Å². The normalized spacial score (nSPS) is 11.8. The highest BCUT2D eigenvalue weighted by atomic mass is 79.9. The fourth-order valence-corrected chi connectivity index (χ4v) is 1.83. The summed E-state index contributed by atoms with van der Waals surface area (Å²) in [5.74, 6) is -0.596. The summed E-state index contributed by atoms with van der Waals surface area (Å²) >= 11 is 3.15. The third-order valence-electron chi connectivity index (χ3n) is 2.75. The summed E-state index contributed by atoms with van der Waals surface area (Å²) in [5, 5.41) is 2.70. The molecule has 98 valence electrons. The van der Waals surface area contributed by atoms with Crippen molar-refractivity contribution in [2.45, 2.75) is 18.7 Å². The summed E-state index contributed by atoms with van der Waals surface area (Å²) in [7, 11) is 1.31. The third kappa shape index (κ3) is 3.57. The zero-order chi connectivity index (χ0) is 13.7. The van der Waals surface area contributed by atoms with Crippen LogP contribution < -0.4 is 5.32 Å². The van der Waals surface area contributed by atoms with Crippen molar-refractivity contribution in [1.29, 1.82) is 0 Å². The molecule has 0 aliphatic carbocycles. The van der Waals surface area contributed by atoms with Crippen molar-refractivity contribution < 1.29 is 14.3 Å². The number of esters is 1. The van der Waals surface area contributed by atoms with E-state index in [0.29, 0.717) is 5.56 Å². The van der Waals surface area contributed by atoms with E-state index >= 15 is 0 Å². The van der Waals surface area contributed by atoms with Crippen LogP contribution >= 0.6 is 15.9 Å². The molecule has 1 amide bonds. The average Bonchev–Trinajstić information content (AvgIpc) is 2.37. The summed E-state index contributed by atoms with van der Waals surface area (Å²) in [6.45, 7) is 4.04. The number of nitrogens with one attached hydrogen (secondary N) is 1. The molecule has 18 heavy (non-hydrogen) atoms. The number of halogens is 1. The maximum absolute atomic E-state index is 11.9. The molecule has 1 aromatic rings. The minimum atomic E-state index is -0.531. The van der Waals surface area contributed by atoms with Crippen LogP contribution in [-0.2, 0) is 9.53 Å². The topological polar surface area (TPSA) is 55.4 Å². The number of hydrogen-bond acceptors (Lipinski definition) is 3. The lowest BCUT2D eigenvalue weighted by Gasteiger charge is -2.11. The van der Waals surface area contributed by atoms with Gasteiger partial charge in [-0.1, -0.05) is 28.1 Å². The Balaban J connectivity index is 2.66. The molecule has 1 aromatic carbocycles. The monoisotopic (exact) mass is 313 g/mol. The van der Waals surface area contributed by atoms with Gasteiger partial charge < -0.3 is 10.1 Å². The fraction of sp³-hybridized carbons (Fsp3) is 0.385. The zero-order valence-electron chi connectivity index (χ0n) is 10.6. The summed E-state index contributed by atoms with van der Waals surface area (Å²) < 4.78 is 4.56. The molecule has 0 aliphatic heterocycles. The van der Waals surface area contributed by atoms with Gasteiger partial charge in [0.2, 0.25) is 0 Å². The smallest absolute Gasteiger partial charge is 0.321 e. The lowest BCUT2D eigenvalue weighted by Crippen LogP contribution is -2.34. The largest absolute Gasteiger partial charge is 0.468 e. The van der Waals surface area contributed by atoms with Gasteiger partial charge in [-0.25, -0.2) is 0 Å². The molecule has 0 radical (unpaired) electrons. The van der Waals surface area contributed by atoms with Gasteiger partial charge in [-0.15, -0.1) is 0 Å². The highest BCUT2D eigenvalue weighted by molar-refractivity contribution is 9.10. The molecule has 0 spiro atoms. The Morgan fingerprint density at radius 1 is 1.39 bits per heavy atom. The predicted octanol–water partition coefficient (Wildman–Crippen LogP) is 1.97. The summed E-state index contributed by atoms with van der Waals surface area (Å²) in [5.41, 5.74) is 2.63. The zero-order valence-corrected chi connectivity index (χ0v) is 12.2. The third-order valence-corrected chi connectivity index (χ3v) is 3.45. The molecular weight excluding hydrogens is 298 g/mol. The van der Waals surface area contributed by atoms with Crippen molar-refractivity contribution in [3.63, 3.8) is 0 Å². The molecule has 4 nitrogen and oxygen atoms in total. The molecule has 1 rings (SSSR count). The molecule has 0 saturated heterocycles. The number of methoxy groups -OCH3 is 1. The second-order valence-corrected chi connectivity index (χ2v) is 5.05. The van der Waals surface area contributed by atoms with Crippen LogP contribution in [0.25, 0.3) is 0 Å². The van der Waals surface area contributed by atoms with Crippen LogP contribution in [0.1, 0.15) is 21.5 Å². The number of amides is 1. The molecule has 0 fully saturated rings. The number of alkyl halides is 1. The Morgan fingerprint density at radius 3 is 2.67 bits per heavy atom. The van der Waals surface area contributed by atoms with Crippen molar-refractivity contribution in [3.05, 3.63) is 34.9 Å². The highest BCUT2D eigenvalue weighted by Crippen LogP contribution is 2.12. The van der Waals surface area contributed by atoms with Crippen LogP contribution in [0.5, 0.6) is 0 Å². The Morgan fingerprint density at radius 2 is 2.06 bits per heavy atom. The Kier molecular flexibility index (Phi) is 5.34. The maximum Gasteiger partial charge on any atom is 0.321 e. The van der Waals surface area contributed by atoms with E-state index in [1.165, 1.54) is 7.11 Å². The van der Waals surface area contributed by atoms with Gasteiger partial charge in [0.15, 0.2) is 0 Å². The van der Waals surface area contributed by atoms with Gasteiger partial charge in [0.1, 0.15) is 4.83 Å². The average molecular weight is 314 g/mol. The van der Waals surface area contributed by atoms with Crippen molar-refractivity contribution in [1.82, 2.24) is 5.32 Å². The van der Waals surface area contributed by atoms with Crippen molar-refractivity contribution in [2.24, 2.45) is 0 Å². The van der Waals surface area contributed by atoms with Crippen LogP contribution in [0.4, 0.5) is 0 Å². The molecule has 0 aliphatic rings. The molecule has 5 heteroatoms. The Labute approximate surface area is 115 Å². The molecular formula is C13H16BrNO3. The van der Waals surface area contributed by atoms with Gasteiger partial charge in [-0.3, -0.25) is 9.59 Å². The second kappa shape index (κ2) is 6.54. The fourth-order valence-electron chi connectivity index (χ4n) is 1.49. The lowest BCUT2D eigenvalue weighted by atomic mass is 10.0. The number of aryl methyl sites for hydroxylation is 1. The van der Waals surface area contributed by atoms with E-state index in [2.05, 4.69) is 26.0 Å². The molecule has 1 unspecified atom stereocenters. The van der Waals surface area contributed by atoms with Crippen molar-refractivity contribution in [2.75, 3.05) is 13.7 Å². The van der Waals surface area contributed by atoms with Crippen LogP contribution in [0.15, 0.2) is 18.2 Å². The van der Waals surface area contributed by atoms with Gasteiger partial charge >= 0.3 is 5.97 Å². The second-order valence-electron chi connectivity index (χ2n) is 3.95. The predicted molar refractivity (Wildman–Crippen MR) is 73.0 cm³/mol. The minimum absolute atomic E-state index is 0.190.